The maximum absolute atomic E-state index is 5.84. The molecule has 18 heavy (non-hydrogen) atoms. The van der Waals surface area contributed by atoms with E-state index in [9.17, 15) is 0 Å². The van der Waals surface area contributed by atoms with Crippen molar-refractivity contribution in [3.8, 4) is 5.75 Å². The molecular formula is C15H16BrNO. The second-order valence-corrected chi connectivity index (χ2v) is 5.09. The maximum atomic E-state index is 5.84. The lowest BCUT2D eigenvalue weighted by Gasteiger charge is -2.11. The number of ether oxygens (including phenoxy) is 1. The van der Waals surface area contributed by atoms with E-state index in [-0.39, 0.29) is 0 Å². The predicted molar refractivity (Wildman–Crippen MR) is 77.5 cm³/mol. The summed E-state index contributed by atoms with van der Waals surface area (Å²) in [5, 5.41) is 0. The summed E-state index contributed by atoms with van der Waals surface area (Å²) in [4.78, 5) is 0. The van der Waals surface area contributed by atoms with Crippen molar-refractivity contribution >= 4 is 15.9 Å². The van der Waals surface area contributed by atoms with Gasteiger partial charge in [-0.25, -0.2) is 0 Å². The van der Waals surface area contributed by atoms with E-state index in [2.05, 4.69) is 22.0 Å². The van der Waals surface area contributed by atoms with Crippen molar-refractivity contribution in [2.45, 2.75) is 20.1 Å². The Balaban J connectivity index is 2.11. The van der Waals surface area contributed by atoms with E-state index >= 15 is 0 Å². The SMILES string of the molecule is Cc1cc(Br)ccc1OCc1ccccc1CN. The minimum absolute atomic E-state index is 0.541. The van der Waals surface area contributed by atoms with Gasteiger partial charge in [-0.05, 0) is 41.8 Å². The fourth-order valence-electron chi connectivity index (χ4n) is 1.83. The van der Waals surface area contributed by atoms with Gasteiger partial charge in [-0.1, -0.05) is 40.2 Å². The van der Waals surface area contributed by atoms with E-state index in [1.54, 1.807) is 0 Å². The van der Waals surface area contributed by atoms with Crippen LogP contribution in [0.3, 0.4) is 0 Å². The van der Waals surface area contributed by atoms with Crippen LogP contribution in [0.25, 0.3) is 0 Å². The third-order valence-corrected chi connectivity index (χ3v) is 3.35. The average Bonchev–Trinajstić information content (AvgIpc) is 2.38. The van der Waals surface area contributed by atoms with Crippen molar-refractivity contribution < 1.29 is 4.74 Å². The normalized spacial score (nSPS) is 10.4. The Labute approximate surface area is 116 Å². The summed E-state index contributed by atoms with van der Waals surface area (Å²) >= 11 is 3.44. The van der Waals surface area contributed by atoms with Crippen LogP contribution in [0.4, 0.5) is 0 Å². The second kappa shape index (κ2) is 6.03. The van der Waals surface area contributed by atoms with Crippen molar-refractivity contribution in [1.82, 2.24) is 0 Å². The molecule has 0 fully saturated rings. The molecule has 2 aromatic rings. The number of rotatable bonds is 4. The van der Waals surface area contributed by atoms with Crippen LogP contribution in [-0.4, -0.2) is 0 Å². The Morgan fingerprint density at radius 3 is 2.50 bits per heavy atom. The highest BCUT2D eigenvalue weighted by Crippen LogP contribution is 2.23. The fourth-order valence-corrected chi connectivity index (χ4v) is 2.30. The third-order valence-electron chi connectivity index (χ3n) is 2.86. The Kier molecular flexibility index (Phi) is 4.39. The van der Waals surface area contributed by atoms with Crippen LogP contribution in [0.5, 0.6) is 5.75 Å². The van der Waals surface area contributed by atoms with Crippen molar-refractivity contribution in [2.75, 3.05) is 0 Å². The Hall–Kier alpha value is -1.32. The van der Waals surface area contributed by atoms with Gasteiger partial charge in [0.05, 0.1) is 0 Å². The first-order valence-corrected chi connectivity index (χ1v) is 6.66. The van der Waals surface area contributed by atoms with Crippen LogP contribution in [0, 0.1) is 6.92 Å². The van der Waals surface area contributed by atoms with Crippen LogP contribution in [0.2, 0.25) is 0 Å². The minimum atomic E-state index is 0.541. The number of aryl methyl sites for hydroxylation is 1. The number of benzene rings is 2. The molecular weight excluding hydrogens is 290 g/mol. The number of hydrogen-bond acceptors (Lipinski definition) is 2. The molecule has 94 valence electrons. The summed E-state index contributed by atoms with van der Waals surface area (Å²) in [5.74, 6) is 0.907. The molecule has 0 aliphatic rings. The summed E-state index contributed by atoms with van der Waals surface area (Å²) in [6.45, 7) is 3.13. The van der Waals surface area contributed by atoms with Crippen molar-refractivity contribution in [1.29, 1.82) is 0 Å². The molecule has 0 heterocycles. The molecule has 0 amide bonds. The van der Waals surface area contributed by atoms with Crippen molar-refractivity contribution in [3.63, 3.8) is 0 Å². The first-order valence-electron chi connectivity index (χ1n) is 5.86. The van der Waals surface area contributed by atoms with Gasteiger partial charge in [-0.2, -0.15) is 0 Å². The first kappa shape index (κ1) is 13.1. The quantitative estimate of drug-likeness (QED) is 0.932. The highest BCUT2D eigenvalue weighted by atomic mass is 79.9. The molecule has 0 bridgehead atoms. The maximum Gasteiger partial charge on any atom is 0.122 e. The smallest absolute Gasteiger partial charge is 0.122 e. The number of nitrogens with two attached hydrogens (primary N) is 1. The highest BCUT2D eigenvalue weighted by Gasteiger charge is 2.03. The van der Waals surface area contributed by atoms with Crippen molar-refractivity contribution in [3.05, 3.63) is 63.6 Å². The summed E-state index contributed by atoms with van der Waals surface area (Å²) in [6, 6.07) is 14.1. The van der Waals surface area contributed by atoms with Crippen LogP contribution < -0.4 is 10.5 Å². The van der Waals surface area contributed by atoms with Gasteiger partial charge >= 0.3 is 0 Å². The number of halogens is 1. The molecule has 0 aromatic heterocycles. The van der Waals surface area contributed by atoms with Gasteiger partial charge in [0.2, 0.25) is 0 Å². The fraction of sp³-hybridized carbons (Fsp3) is 0.200. The average molecular weight is 306 g/mol. The van der Waals surface area contributed by atoms with Gasteiger partial charge in [-0.15, -0.1) is 0 Å². The molecule has 2 rings (SSSR count). The standard InChI is InChI=1S/C15H16BrNO/c1-11-8-14(16)6-7-15(11)18-10-13-5-3-2-4-12(13)9-17/h2-8H,9-10,17H2,1H3. The van der Waals surface area contributed by atoms with Gasteiger partial charge in [0.15, 0.2) is 0 Å². The van der Waals surface area contributed by atoms with Crippen LogP contribution in [-0.2, 0) is 13.2 Å². The lowest BCUT2D eigenvalue weighted by molar-refractivity contribution is 0.303. The molecule has 0 aliphatic heterocycles. The lowest BCUT2D eigenvalue weighted by Crippen LogP contribution is -2.04. The van der Waals surface area contributed by atoms with E-state index < -0.39 is 0 Å². The molecule has 0 atom stereocenters. The number of hydrogen-bond donors (Lipinski definition) is 1. The van der Waals surface area contributed by atoms with Gasteiger partial charge < -0.3 is 10.5 Å². The molecule has 2 N–H and O–H groups in total. The molecule has 0 saturated heterocycles. The largest absolute Gasteiger partial charge is 0.489 e. The molecule has 2 nitrogen and oxygen atoms in total. The van der Waals surface area contributed by atoms with Gasteiger partial charge in [0, 0.05) is 11.0 Å². The first-order chi connectivity index (χ1) is 8.70. The van der Waals surface area contributed by atoms with E-state index in [0.29, 0.717) is 13.2 Å². The van der Waals surface area contributed by atoms with Gasteiger partial charge in [-0.3, -0.25) is 0 Å². The van der Waals surface area contributed by atoms with E-state index in [1.807, 2.05) is 43.3 Å². The molecule has 0 saturated carbocycles. The van der Waals surface area contributed by atoms with E-state index in [0.717, 1.165) is 26.9 Å². The summed E-state index contributed by atoms with van der Waals surface area (Å²) < 4.78 is 6.91. The van der Waals surface area contributed by atoms with Crippen LogP contribution >= 0.6 is 15.9 Å². The van der Waals surface area contributed by atoms with Gasteiger partial charge in [0.25, 0.3) is 0 Å². The lowest BCUT2D eigenvalue weighted by atomic mass is 10.1. The van der Waals surface area contributed by atoms with E-state index in [1.165, 1.54) is 0 Å². The van der Waals surface area contributed by atoms with Crippen LogP contribution in [0.1, 0.15) is 16.7 Å². The highest BCUT2D eigenvalue weighted by molar-refractivity contribution is 9.10. The zero-order valence-electron chi connectivity index (χ0n) is 10.3. The summed E-state index contributed by atoms with van der Waals surface area (Å²) in [5.41, 5.74) is 9.10. The monoisotopic (exact) mass is 305 g/mol. The minimum Gasteiger partial charge on any atom is -0.489 e. The second-order valence-electron chi connectivity index (χ2n) is 4.17. The summed E-state index contributed by atoms with van der Waals surface area (Å²) in [6.07, 6.45) is 0. The Morgan fingerprint density at radius 2 is 1.83 bits per heavy atom. The molecule has 3 heteroatoms. The third kappa shape index (κ3) is 3.12. The predicted octanol–water partition coefficient (Wildman–Crippen LogP) is 3.80. The topological polar surface area (TPSA) is 35.2 Å². The molecule has 0 spiro atoms. The molecule has 0 radical (unpaired) electrons. The molecule has 2 aromatic carbocycles. The van der Waals surface area contributed by atoms with Crippen LogP contribution in [0.15, 0.2) is 46.9 Å². The Bertz CT molecular complexity index is 540. The summed E-state index contributed by atoms with van der Waals surface area (Å²) in [7, 11) is 0. The molecule has 0 unspecified atom stereocenters. The Morgan fingerprint density at radius 1 is 1.11 bits per heavy atom. The van der Waals surface area contributed by atoms with Crippen molar-refractivity contribution in [2.24, 2.45) is 5.73 Å². The zero-order valence-corrected chi connectivity index (χ0v) is 11.9. The zero-order chi connectivity index (χ0) is 13.0. The van der Waals surface area contributed by atoms with E-state index in [4.69, 9.17) is 10.5 Å². The molecule has 0 aliphatic carbocycles. The van der Waals surface area contributed by atoms with Gasteiger partial charge in [0.1, 0.15) is 12.4 Å².